The highest BCUT2D eigenvalue weighted by Crippen LogP contribution is 2.41. The van der Waals surface area contributed by atoms with Crippen molar-refractivity contribution in [2.24, 2.45) is 5.73 Å². The van der Waals surface area contributed by atoms with Crippen LogP contribution < -0.4 is 15.2 Å². The van der Waals surface area contributed by atoms with Crippen molar-refractivity contribution in [1.29, 1.82) is 5.41 Å². The predicted octanol–water partition coefficient (Wildman–Crippen LogP) is 4.41. The fraction of sp³-hybridized carbons (Fsp3) is 0.519. The first kappa shape index (κ1) is 24.2. The predicted molar refractivity (Wildman–Crippen MR) is 133 cm³/mol. The summed E-state index contributed by atoms with van der Waals surface area (Å²) in [5.41, 5.74) is 9.64. The van der Waals surface area contributed by atoms with Crippen molar-refractivity contribution in [2.45, 2.75) is 64.3 Å². The van der Waals surface area contributed by atoms with E-state index in [9.17, 15) is 4.79 Å². The summed E-state index contributed by atoms with van der Waals surface area (Å²) in [7, 11) is 1.63. The Bertz CT molecular complexity index is 1090. The molecule has 0 unspecified atom stereocenters. The molecule has 7 heteroatoms. The summed E-state index contributed by atoms with van der Waals surface area (Å²) in [5, 5.41) is 8.64. The summed E-state index contributed by atoms with van der Waals surface area (Å²) < 4.78 is 11.8. The zero-order valence-electron chi connectivity index (χ0n) is 20.7. The highest BCUT2D eigenvalue weighted by Gasteiger charge is 2.32. The molecule has 0 atom stereocenters. The normalized spacial score (nSPS) is 15.4. The van der Waals surface area contributed by atoms with Gasteiger partial charge in [0.15, 0.2) is 17.3 Å². The van der Waals surface area contributed by atoms with Crippen molar-refractivity contribution in [3.63, 3.8) is 0 Å². The van der Waals surface area contributed by atoms with Crippen molar-refractivity contribution in [3.05, 3.63) is 52.3 Å². The van der Waals surface area contributed by atoms with Gasteiger partial charge < -0.3 is 20.1 Å². The Kier molecular flexibility index (Phi) is 6.94. The van der Waals surface area contributed by atoms with Gasteiger partial charge in [0.05, 0.1) is 20.3 Å². The minimum atomic E-state index is -0.239. The zero-order valence-corrected chi connectivity index (χ0v) is 20.7. The number of nitrogens with one attached hydrogen (secondary N) is 1. The van der Waals surface area contributed by atoms with E-state index in [-0.39, 0.29) is 17.7 Å². The Labute approximate surface area is 202 Å². The third kappa shape index (κ3) is 5.09. The maximum absolute atomic E-state index is 13.4. The number of Topliss-reactive ketones (excluding diaryl/α,β-unsaturated/α-hetero) is 1. The smallest absolute Gasteiger partial charge is 0.182 e. The SMILES string of the molecule is COc1c(OCCCCN)cc(C(=O)CN2Cc3ccc(C4CC4)nc3C2=N)cc1C(C)(C)C. The van der Waals surface area contributed by atoms with Crippen LogP contribution in [-0.4, -0.2) is 48.3 Å². The van der Waals surface area contributed by atoms with Gasteiger partial charge in [0.25, 0.3) is 0 Å². The number of aromatic nitrogens is 1. The zero-order chi connectivity index (χ0) is 24.5. The lowest BCUT2D eigenvalue weighted by atomic mass is 9.84. The first-order chi connectivity index (χ1) is 16.2. The van der Waals surface area contributed by atoms with Gasteiger partial charge in [-0.15, -0.1) is 0 Å². The van der Waals surface area contributed by atoms with Crippen LogP contribution in [0.15, 0.2) is 24.3 Å². The van der Waals surface area contributed by atoms with Gasteiger partial charge in [-0.2, -0.15) is 0 Å². The molecule has 182 valence electrons. The highest BCUT2D eigenvalue weighted by atomic mass is 16.5. The molecule has 2 aliphatic rings. The number of fused-ring (bicyclic) bond motifs is 1. The summed E-state index contributed by atoms with van der Waals surface area (Å²) in [4.78, 5) is 20.0. The number of carbonyl (C=O) groups is 1. The highest BCUT2D eigenvalue weighted by molar-refractivity contribution is 6.04. The van der Waals surface area contributed by atoms with Gasteiger partial charge >= 0.3 is 0 Å². The number of carbonyl (C=O) groups excluding carboxylic acids is 1. The van der Waals surface area contributed by atoms with Crippen LogP contribution in [0, 0.1) is 5.41 Å². The summed E-state index contributed by atoms with van der Waals surface area (Å²) in [6, 6.07) is 7.81. The van der Waals surface area contributed by atoms with Crippen LogP contribution in [0.5, 0.6) is 11.5 Å². The number of ketones is 1. The van der Waals surface area contributed by atoms with Gasteiger partial charge in [-0.1, -0.05) is 26.8 Å². The van der Waals surface area contributed by atoms with Gasteiger partial charge in [-0.25, -0.2) is 4.98 Å². The molecule has 0 radical (unpaired) electrons. The van der Waals surface area contributed by atoms with Crippen molar-refractivity contribution in [3.8, 4) is 11.5 Å². The fourth-order valence-corrected chi connectivity index (χ4v) is 4.34. The maximum atomic E-state index is 13.4. The number of amidine groups is 1. The van der Waals surface area contributed by atoms with Gasteiger partial charge in [0.1, 0.15) is 11.5 Å². The Balaban J connectivity index is 1.56. The van der Waals surface area contributed by atoms with Crippen LogP contribution in [0.4, 0.5) is 0 Å². The molecule has 1 aromatic carbocycles. The van der Waals surface area contributed by atoms with Crippen molar-refractivity contribution in [1.82, 2.24) is 9.88 Å². The van der Waals surface area contributed by atoms with Crippen molar-refractivity contribution < 1.29 is 14.3 Å². The first-order valence-electron chi connectivity index (χ1n) is 12.1. The van der Waals surface area contributed by atoms with E-state index < -0.39 is 0 Å². The number of rotatable bonds is 10. The summed E-state index contributed by atoms with van der Waals surface area (Å²) >= 11 is 0. The Hall–Kier alpha value is -2.93. The third-order valence-corrected chi connectivity index (χ3v) is 6.48. The molecule has 0 bridgehead atoms. The molecule has 1 aliphatic heterocycles. The lowest BCUT2D eigenvalue weighted by Gasteiger charge is -2.25. The lowest BCUT2D eigenvalue weighted by Crippen LogP contribution is -2.30. The Morgan fingerprint density at radius 2 is 2.00 bits per heavy atom. The minimum Gasteiger partial charge on any atom is -0.493 e. The second-order valence-corrected chi connectivity index (χ2v) is 10.3. The van der Waals surface area contributed by atoms with E-state index in [0.717, 1.165) is 29.7 Å². The maximum Gasteiger partial charge on any atom is 0.182 e. The molecule has 1 aliphatic carbocycles. The molecular formula is C27H36N4O3. The Morgan fingerprint density at radius 1 is 1.24 bits per heavy atom. The quantitative estimate of drug-likeness (QED) is 0.399. The van der Waals surface area contributed by atoms with E-state index in [2.05, 4.69) is 32.9 Å². The second kappa shape index (κ2) is 9.74. The van der Waals surface area contributed by atoms with Crippen LogP contribution in [0.1, 0.15) is 85.2 Å². The molecule has 1 saturated carbocycles. The molecule has 1 aromatic heterocycles. The molecule has 2 heterocycles. The summed E-state index contributed by atoms with van der Waals surface area (Å²) in [6.07, 6.45) is 4.06. The van der Waals surface area contributed by atoms with Gasteiger partial charge in [-0.05, 0) is 55.8 Å². The molecular weight excluding hydrogens is 428 g/mol. The number of ether oxygens (including phenoxy) is 2. The van der Waals surface area contributed by atoms with Gasteiger partial charge in [0, 0.05) is 34.8 Å². The number of nitrogens with two attached hydrogens (primary N) is 1. The number of hydrogen-bond donors (Lipinski definition) is 2. The fourth-order valence-electron chi connectivity index (χ4n) is 4.34. The largest absolute Gasteiger partial charge is 0.493 e. The van der Waals surface area contributed by atoms with E-state index in [0.29, 0.717) is 54.2 Å². The van der Waals surface area contributed by atoms with Crippen LogP contribution in [0.2, 0.25) is 0 Å². The van der Waals surface area contributed by atoms with E-state index in [4.69, 9.17) is 25.6 Å². The van der Waals surface area contributed by atoms with Crippen LogP contribution in [0.25, 0.3) is 0 Å². The monoisotopic (exact) mass is 464 g/mol. The molecule has 0 amide bonds. The minimum absolute atomic E-state index is 0.0556. The molecule has 7 nitrogen and oxygen atoms in total. The van der Waals surface area contributed by atoms with Crippen molar-refractivity contribution >= 4 is 11.6 Å². The molecule has 2 aromatic rings. The molecule has 4 rings (SSSR count). The van der Waals surface area contributed by atoms with Crippen molar-refractivity contribution in [2.75, 3.05) is 26.8 Å². The van der Waals surface area contributed by atoms with Crippen LogP contribution in [0.3, 0.4) is 0 Å². The number of nitrogens with zero attached hydrogens (tertiary/aromatic N) is 2. The molecule has 1 fully saturated rings. The average molecular weight is 465 g/mol. The molecule has 34 heavy (non-hydrogen) atoms. The van der Waals surface area contributed by atoms with E-state index >= 15 is 0 Å². The van der Waals surface area contributed by atoms with Crippen LogP contribution >= 0.6 is 0 Å². The summed E-state index contributed by atoms with van der Waals surface area (Å²) in [6.45, 7) is 8.05. The number of benzene rings is 1. The third-order valence-electron chi connectivity index (χ3n) is 6.48. The lowest BCUT2D eigenvalue weighted by molar-refractivity contribution is 0.0962. The molecule has 3 N–H and O–H groups in total. The number of unbranched alkanes of at least 4 members (excludes halogenated alkanes) is 1. The Morgan fingerprint density at radius 3 is 2.65 bits per heavy atom. The second-order valence-electron chi connectivity index (χ2n) is 10.3. The molecule has 0 saturated heterocycles. The van der Waals surface area contributed by atoms with Gasteiger partial charge in [0.2, 0.25) is 0 Å². The topological polar surface area (TPSA) is 102 Å². The number of pyridine rings is 1. The number of methoxy groups -OCH3 is 1. The van der Waals surface area contributed by atoms with E-state index in [1.54, 1.807) is 18.1 Å². The van der Waals surface area contributed by atoms with E-state index in [1.165, 1.54) is 12.8 Å². The van der Waals surface area contributed by atoms with E-state index in [1.807, 2.05) is 6.07 Å². The standard InChI is InChI=1S/C27H36N4O3/c1-27(2,3)20-13-19(14-23(25(20)33-4)34-12-6-5-11-28)22(32)16-31-15-18-9-10-21(17-7-8-17)30-24(18)26(31)29/h9-10,13-14,17,29H,5-8,11-12,15-16,28H2,1-4H3. The summed E-state index contributed by atoms with van der Waals surface area (Å²) in [5.74, 6) is 2.04. The number of hydrogen-bond acceptors (Lipinski definition) is 6. The van der Waals surface area contributed by atoms with Crippen LogP contribution in [-0.2, 0) is 12.0 Å². The average Bonchev–Trinajstić information content (AvgIpc) is 3.61. The molecule has 0 spiro atoms. The first-order valence-corrected chi connectivity index (χ1v) is 12.1. The van der Waals surface area contributed by atoms with Gasteiger partial charge in [-0.3, -0.25) is 10.2 Å².